The molecule has 1 atom stereocenters. The second kappa shape index (κ2) is 7.58. The van der Waals surface area contributed by atoms with Crippen molar-refractivity contribution in [2.45, 2.75) is 26.3 Å². The first kappa shape index (κ1) is 16.0. The number of ether oxygens (including phenoxy) is 1. The largest absolute Gasteiger partial charge is 0.494 e. The molecule has 2 aromatic carbocycles. The molecule has 0 fully saturated rings. The molecule has 0 saturated heterocycles. The van der Waals surface area contributed by atoms with Crippen LogP contribution < -0.4 is 10.1 Å². The van der Waals surface area contributed by atoms with Crippen LogP contribution >= 0.6 is 23.2 Å². The molecular formula is C17H19Cl2NO. The Morgan fingerprint density at radius 2 is 1.81 bits per heavy atom. The zero-order valence-corrected chi connectivity index (χ0v) is 13.7. The van der Waals surface area contributed by atoms with Gasteiger partial charge in [0.2, 0.25) is 0 Å². The molecule has 0 radical (unpaired) electrons. The summed E-state index contributed by atoms with van der Waals surface area (Å²) in [5, 5.41) is 4.70. The minimum absolute atomic E-state index is 0.126. The van der Waals surface area contributed by atoms with E-state index in [1.54, 1.807) is 12.1 Å². The van der Waals surface area contributed by atoms with Crippen LogP contribution in [0, 0.1) is 0 Å². The van der Waals surface area contributed by atoms with Gasteiger partial charge in [-0.05, 0) is 49.2 Å². The van der Waals surface area contributed by atoms with Gasteiger partial charge >= 0.3 is 0 Å². The van der Waals surface area contributed by atoms with Crippen LogP contribution in [0.4, 0.5) is 5.69 Å². The number of hydrogen-bond donors (Lipinski definition) is 1. The molecule has 0 heterocycles. The molecule has 0 spiro atoms. The zero-order valence-electron chi connectivity index (χ0n) is 12.2. The van der Waals surface area contributed by atoms with Gasteiger partial charge in [-0.1, -0.05) is 42.3 Å². The zero-order chi connectivity index (χ0) is 15.2. The van der Waals surface area contributed by atoms with Crippen molar-refractivity contribution in [2.24, 2.45) is 0 Å². The number of nitrogens with one attached hydrogen (secondary N) is 1. The summed E-state index contributed by atoms with van der Waals surface area (Å²) < 4.78 is 5.58. The summed E-state index contributed by atoms with van der Waals surface area (Å²) in [6.45, 7) is 4.92. The van der Waals surface area contributed by atoms with Gasteiger partial charge in [0.05, 0.1) is 17.3 Å². The summed E-state index contributed by atoms with van der Waals surface area (Å²) in [6.07, 6.45) is 1.01. The molecule has 2 aromatic rings. The number of halogens is 2. The van der Waals surface area contributed by atoms with Gasteiger partial charge in [0, 0.05) is 11.1 Å². The van der Waals surface area contributed by atoms with Gasteiger partial charge < -0.3 is 10.1 Å². The van der Waals surface area contributed by atoms with Crippen molar-refractivity contribution in [3.05, 3.63) is 58.1 Å². The number of benzene rings is 2. The van der Waals surface area contributed by atoms with E-state index in [0.29, 0.717) is 10.0 Å². The number of hydrogen-bond acceptors (Lipinski definition) is 2. The fourth-order valence-electron chi connectivity index (χ4n) is 2.00. The van der Waals surface area contributed by atoms with E-state index in [1.165, 1.54) is 0 Å². The van der Waals surface area contributed by atoms with Gasteiger partial charge in [-0.15, -0.1) is 0 Å². The molecule has 2 rings (SSSR count). The summed E-state index contributed by atoms with van der Waals surface area (Å²) in [4.78, 5) is 0. The quantitative estimate of drug-likeness (QED) is 0.708. The van der Waals surface area contributed by atoms with Crippen LogP contribution in [0.2, 0.25) is 10.0 Å². The molecule has 4 heteroatoms. The van der Waals surface area contributed by atoms with Crippen molar-refractivity contribution < 1.29 is 4.74 Å². The molecule has 0 aliphatic rings. The van der Waals surface area contributed by atoms with Crippen LogP contribution in [0.15, 0.2) is 42.5 Å². The number of rotatable bonds is 6. The molecule has 0 amide bonds. The Hall–Kier alpha value is -1.38. The van der Waals surface area contributed by atoms with Crippen LogP contribution in [0.3, 0.4) is 0 Å². The monoisotopic (exact) mass is 323 g/mol. The maximum absolute atomic E-state index is 6.17. The summed E-state index contributed by atoms with van der Waals surface area (Å²) >= 11 is 12.2. The molecule has 0 aliphatic carbocycles. The van der Waals surface area contributed by atoms with Crippen LogP contribution in [0.1, 0.15) is 31.9 Å². The topological polar surface area (TPSA) is 21.3 Å². The number of anilines is 1. The highest BCUT2D eigenvalue weighted by molar-refractivity contribution is 6.35. The van der Waals surface area contributed by atoms with E-state index in [-0.39, 0.29) is 6.04 Å². The molecule has 1 unspecified atom stereocenters. The first-order valence-corrected chi connectivity index (χ1v) is 7.80. The average Bonchev–Trinajstić information content (AvgIpc) is 2.49. The average molecular weight is 324 g/mol. The Bertz CT molecular complexity index is 584. The van der Waals surface area contributed by atoms with Crippen molar-refractivity contribution in [3.63, 3.8) is 0 Å². The van der Waals surface area contributed by atoms with Gasteiger partial charge in [0.15, 0.2) is 0 Å². The molecule has 0 aliphatic heterocycles. The standard InChI is InChI=1S/C17H19Cl2NO/c1-3-10-21-15-7-4-13(5-8-15)12(2)20-17-11-14(18)6-9-16(17)19/h4-9,11-12,20H,3,10H2,1-2H3. The van der Waals surface area contributed by atoms with E-state index < -0.39 is 0 Å². The van der Waals surface area contributed by atoms with Gasteiger partial charge in [0.1, 0.15) is 5.75 Å². The van der Waals surface area contributed by atoms with E-state index in [9.17, 15) is 0 Å². The lowest BCUT2D eigenvalue weighted by Crippen LogP contribution is -2.07. The summed E-state index contributed by atoms with van der Waals surface area (Å²) in [7, 11) is 0. The van der Waals surface area contributed by atoms with Crippen molar-refractivity contribution >= 4 is 28.9 Å². The Morgan fingerprint density at radius 1 is 1.10 bits per heavy atom. The summed E-state index contributed by atoms with van der Waals surface area (Å²) in [5.74, 6) is 0.897. The normalized spacial score (nSPS) is 12.0. The Kier molecular flexibility index (Phi) is 5.77. The predicted octanol–water partition coefficient (Wildman–Crippen LogP) is 5.96. The lowest BCUT2D eigenvalue weighted by atomic mass is 10.1. The molecular weight excluding hydrogens is 305 g/mol. The van der Waals surface area contributed by atoms with Crippen molar-refractivity contribution in [1.82, 2.24) is 0 Å². The van der Waals surface area contributed by atoms with Crippen LogP contribution in [0.5, 0.6) is 5.75 Å². The minimum Gasteiger partial charge on any atom is -0.494 e. The maximum atomic E-state index is 6.17. The highest BCUT2D eigenvalue weighted by atomic mass is 35.5. The van der Waals surface area contributed by atoms with Gasteiger partial charge in [0.25, 0.3) is 0 Å². The van der Waals surface area contributed by atoms with Crippen molar-refractivity contribution in [3.8, 4) is 5.75 Å². The summed E-state index contributed by atoms with van der Waals surface area (Å²) in [5.41, 5.74) is 2.00. The Morgan fingerprint density at radius 3 is 2.48 bits per heavy atom. The first-order valence-electron chi connectivity index (χ1n) is 7.04. The lowest BCUT2D eigenvalue weighted by molar-refractivity contribution is 0.317. The van der Waals surface area contributed by atoms with Gasteiger partial charge in [-0.25, -0.2) is 0 Å². The third-order valence-electron chi connectivity index (χ3n) is 3.15. The molecule has 1 N–H and O–H groups in total. The van der Waals surface area contributed by atoms with Crippen molar-refractivity contribution in [2.75, 3.05) is 11.9 Å². The highest BCUT2D eigenvalue weighted by Crippen LogP contribution is 2.29. The maximum Gasteiger partial charge on any atom is 0.119 e. The highest BCUT2D eigenvalue weighted by Gasteiger charge is 2.08. The summed E-state index contributed by atoms with van der Waals surface area (Å²) in [6, 6.07) is 13.6. The molecule has 21 heavy (non-hydrogen) atoms. The molecule has 112 valence electrons. The fraction of sp³-hybridized carbons (Fsp3) is 0.294. The lowest BCUT2D eigenvalue weighted by Gasteiger charge is -2.17. The third kappa shape index (κ3) is 4.55. The van der Waals surface area contributed by atoms with E-state index in [1.807, 2.05) is 18.2 Å². The SMILES string of the molecule is CCCOc1ccc(C(C)Nc2cc(Cl)ccc2Cl)cc1. The molecule has 0 bridgehead atoms. The van der Waals surface area contributed by atoms with Crippen LogP contribution in [-0.4, -0.2) is 6.61 Å². The van der Waals surface area contributed by atoms with E-state index in [0.717, 1.165) is 30.0 Å². The minimum atomic E-state index is 0.126. The molecule has 0 aromatic heterocycles. The Labute approximate surface area is 136 Å². The van der Waals surface area contributed by atoms with Crippen LogP contribution in [0.25, 0.3) is 0 Å². The van der Waals surface area contributed by atoms with Crippen LogP contribution in [-0.2, 0) is 0 Å². The smallest absolute Gasteiger partial charge is 0.119 e. The van der Waals surface area contributed by atoms with E-state index >= 15 is 0 Å². The third-order valence-corrected chi connectivity index (χ3v) is 3.72. The van der Waals surface area contributed by atoms with E-state index in [4.69, 9.17) is 27.9 Å². The molecule has 0 saturated carbocycles. The van der Waals surface area contributed by atoms with Crippen molar-refractivity contribution in [1.29, 1.82) is 0 Å². The van der Waals surface area contributed by atoms with Gasteiger partial charge in [-0.3, -0.25) is 0 Å². The second-order valence-corrected chi connectivity index (χ2v) is 5.75. The molecule has 2 nitrogen and oxygen atoms in total. The van der Waals surface area contributed by atoms with Gasteiger partial charge in [-0.2, -0.15) is 0 Å². The van der Waals surface area contributed by atoms with E-state index in [2.05, 4.69) is 31.3 Å². The predicted molar refractivity (Wildman–Crippen MR) is 90.7 cm³/mol. The Balaban J connectivity index is 2.05. The fourth-order valence-corrected chi connectivity index (χ4v) is 2.34. The first-order chi connectivity index (χ1) is 10.1. The second-order valence-electron chi connectivity index (χ2n) is 4.91.